The molecule has 2 unspecified atom stereocenters. The zero-order valence-electron chi connectivity index (χ0n) is 11.9. The minimum absolute atomic E-state index is 0.0133. The lowest BCUT2D eigenvalue weighted by molar-refractivity contribution is -0.129. The molecule has 1 heterocycles. The summed E-state index contributed by atoms with van der Waals surface area (Å²) in [5, 5.41) is 6.48. The first-order chi connectivity index (χ1) is 9.25. The molecule has 4 heteroatoms. The molecular weight excluding hydrogens is 240 g/mol. The first-order valence-corrected chi connectivity index (χ1v) is 7.91. The number of carbonyl (C=O) groups is 1. The van der Waals surface area contributed by atoms with Gasteiger partial charge in [0.05, 0.1) is 12.7 Å². The standard InChI is InChI=1S/C15H26N2O2/c1-10-14(16-7-8-19-10)15(18)17-13-9-12(13)11-5-3-2-4-6-11/h10-14,16H,2-9H2,1H3,(H,17,18)/t10-,12?,13?,14+/m1/s1. The van der Waals surface area contributed by atoms with Crippen LogP contribution in [-0.2, 0) is 9.53 Å². The number of nitrogens with one attached hydrogen (secondary N) is 2. The molecule has 2 N–H and O–H groups in total. The molecule has 2 aliphatic carbocycles. The van der Waals surface area contributed by atoms with E-state index in [1.54, 1.807) is 0 Å². The van der Waals surface area contributed by atoms with Gasteiger partial charge in [0.2, 0.25) is 5.91 Å². The molecule has 0 spiro atoms. The van der Waals surface area contributed by atoms with Crippen LogP contribution < -0.4 is 10.6 Å². The van der Waals surface area contributed by atoms with Crippen LogP contribution in [0.4, 0.5) is 0 Å². The zero-order chi connectivity index (χ0) is 13.2. The summed E-state index contributed by atoms with van der Waals surface area (Å²) in [7, 11) is 0. The second-order valence-corrected chi connectivity index (χ2v) is 6.42. The molecule has 108 valence electrons. The van der Waals surface area contributed by atoms with Crippen molar-refractivity contribution in [3.05, 3.63) is 0 Å². The maximum atomic E-state index is 12.2. The average molecular weight is 266 g/mol. The Kier molecular flexibility index (Phi) is 4.08. The van der Waals surface area contributed by atoms with Gasteiger partial charge in [-0.15, -0.1) is 0 Å². The molecule has 0 bridgehead atoms. The number of morpholine rings is 1. The Morgan fingerprint density at radius 3 is 2.79 bits per heavy atom. The predicted molar refractivity (Wildman–Crippen MR) is 73.8 cm³/mol. The SMILES string of the molecule is C[C@H]1OCCN[C@@H]1C(=O)NC1CC1C1CCCCC1. The number of hydrogen-bond acceptors (Lipinski definition) is 3. The molecule has 0 radical (unpaired) electrons. The first kappa shape index (κ1) is 13.4. The van der Waals surface area contributed by atoms with Gasteiger partial charge >= 0.3 is 0 Å². The van der Waals surface area contributed by atoms with Crippen molar-refractivity contribution >= 4 is 5.91 Å². The molecule has 1 amide bonds. The molecule has 0 aromatic carbocycles. The van der Waals surface area contributed by atoms with E-state index in [0.717, 1.165) is 18.4 Å². The number of rotatable bonds is 3. The average Bonchev–Trinajstić information content (AvgIpc) is 3.19. The molecule has 0 aromatic rings. The van der Waals surface area contributed by atoms with Crippen molar-refractivity contribution < 1.29 is 9.53 Å². The van der Waals surface area contributed by atoms with Crippen LogP contribution in [0.2, 0.25) is 0 Å². The normalized spacial score (nSPS) is 39.8. The van der Waals surface area contributed by atoms with Gasteiger partial charge in [-0.05, 0) is 25.2 Å². The Labute approximate surface area is 115 Å². The van der Waals surface area contributed by atoms with E-state index >= 15 is 0 Å². The van der Waals surface area contributed by atoms with Crippen LogP contribution in [-0.4, -0.2) is 37.2 Å². The van der Waals surface area contributed by atoms with E-state index in [1.165, 1.54) is 38.5 Å². The molecule has 3 aliphatic rings. The van der Waals surface area contributed by atoms with Crippen molar-refractivity contribution in [2.45, 2.75) is 63.6 Å². The summed E-state index contributed by atoms with van der Waals surface area (Å²) < 4.78 is 5.53. The van der Waals surface area contributed by atoms with Crippen molar-refractivity contribution in [2.24, 2.45) is 11.8 Å². The van der Waals surface area contributed by atoms with Gasteiger partial charge in [-0.3, -0.25) is 4.79 Å². The van der Waals surface area contributed by atoms with Crippen LogP contribution in [0.5, 0.6) is 0 Å². The van der Waals surface area contributed by atoms with Gasteiger partial charge in [-0.25, -0.2) is 0 Å². The van der Waals surface area contributed by atoms with E-state index in [0.29, 0.717) is 12.6 Å². The van der Waals surface area contributed by atoms with Gasteiger partial charge in [0, 0.05) is 12.6 Å². The Morgan fingerprint density at radius 1 is 1.26 bits per heavy atom. The fourth-order valence-corrected chi connectivity index (χ4v) is 3.76. The van der Waals surface area contributed by atoms with Gasteiger partial charge in [0.15, 0.2) is 0 Å². The zero-order valence-corrected chi connectivity index (χ0v) is 11.9. The summed E-state index contributed by atoms with van der Waals surface area (Å²) in [5.41, 5.74) is 0. The van der Waals surface area contributed by atoms with E-state index in [9.17, 15) is 4.79 Å². The van der Waals surface area contributed by atoms with Crippen molar-refractivity contribution in [3.63, 3.8) is 0 Å². The lowest BCUT2D eigenvalue weighted by Gasteiger charge is -2.29. The molecule has 2 saturated carbocycles. The van der Waals surface area contributed by atoms with Crippen LogP contribution in [0.3, 0.4) is 0 Å². The van der Waals surface area contributed by atoms with Gasteiger partial charge in [-0.2, -0.15) is 0 Å². The molecule has 3 fully saturated rings. The molecule has 1 aliphatic heterocycles. The monoisotopic (exact) mass is 266 g/mol. The van der Waals surface area contributed by atoms with E-state index in [4.69, 9.17) is 4.74 Å². The summed E-state index contributed by atoms with van der Waals surface area (Å²) in [6.45, 7) is 3.46. The highest BCUT2D eigenvalue weighted by Gasteiger charge is 2.44. The summed E-state index contributed by atoms with van der Waals surface area (Å²) >= 11 is 0. The van der Waals surface area contributed by atoms with Crippen molar-refractivity contribution in [1.29, 1.82) is 0 Å². The number of carbonyl (C=O) groups excluding carboxylic acids is 1. The minimum atomic E-state index is -0.165. The third-order valence-corrected chi connectivity index (χ3v) is 5.02. The van der Waals surface area contributed by atoms with Crippen LogP contribution in [0.25, 0.3) is 0 Å². The highest BCUT2D eigenvalue weighted by molar-refractivity contribution is 5.83. The van der Waals surface area contributed by atoms with Crippen LogP contribution in [0.1, 0.15) is 45.4 Å². The van der Waals surface area contributed by atoms with Crippen LogP contribution in [0, 0.1) is 11.8 Å². The Balaban J connectivity index is 1.46. The van der Waals surface area contributed by atoms with E-state index < -0.39 is 0 Å². The van der Waals surface area contributed by atoms with Gasteiger partial charge in [0.25, 0.3) is 0 Å². The molecule has 4 nitrogen and oxygen atoms in total. The van der Waals surface area contributed by atoms with Crippen molar-refractivity contribution in [2.75, 3.05) is 13.2 Å². The second-order valence-electron chi connectivity index (χ2n) is 6.42. The van der Waals surface area contributed by atoms with E-state index in [-0.39, 0.29) is 18.1 Å². The van der Waals surface area contributed by atoms with Crippen LogP contribution in [0.15, 0.2) is 0 Å². The Hall–Kier alpha value is -0.610. The molecule has 1 saturated heterocycles. The number of ether oxygens (including phenoxy) is 1. The third-order valence-electron chi connectivity index (χ3n) is 5.02. The third kappa shape index (κ3) is 3.11. The van der Waals surface area contributed by atoms with Gasteiger partial charge in [-0.1, -0.05) is 32.1 Å². The summed E-state index contributed by atoms with van der Waals surface area (Å²) in [6, 6.07) is 0.271. The molecule has 19 heavy (non-hydrogen) atoms. The Bertz CT molecular complexity index is 328. The number of hydrogen-bond donors (Lipinski definition) is 2. The van der Waals surface area contributed by atoms with Crippen molar-refractivity contribution in [3.8, 4) is 0 Å². The van der Waals surface area contributed by atoms with Gasteiger partial charge in [0.1, 0.15) is 6.04 Å². The molecule has 0 aromatic heterocycles. The topological polar surface area (TPSA) is 50.4 Å². The molecular formula is C15H26N2O2. The van der Waals surface area contributed by atoms with Crippen LogP contribution >= 0.6 is 0 Å². The summed E-state index contributed by atoms with van der Waals surface area (Å²) in [5.74, 6) is 1.76. The minimum Gasteiger partial charge on any atom is -0.375 e. The quantitative estimate of drug-likeness (QED) is 0.813. The maximum absolute atomic E-state index is 12.2. The van der Waals surface area contributed by atoms with E-state index in [1.807, 2.05) is 6.92 Å². The highest BCUT2D eigenvalue weighted by atomic mass is 16.5. The molecule has 4 atom stereocenters. The smallest absolute Gasteiger partial charge is 0.240 e. The second kappa shape index (κ2) is 5.80. The lowest BCUT2D eigenvalue weighted by atomic mass is 9.85. The lowest BCUT2D eigenvalue weighted by Crippen LogP contribution is -2.56. The molecule has 3 rings (SSSR count). The number of amides is 1. The predicted octanol–water partition coefficient (Wildman–Crippen LogP) is 1.45. The largest absolute Gasteiger partial charge is 0.375 e. The fourth-order valence-electron chi connectivity index (χ4n) is 3.76. The Morgan fingerprint density at radius 2 is 2.05 bits per heavy atom. The fraction of sp³-hybridized carbons (Fsp3) is 0.933. The van der Waals surface area contributed by atoms with Crippen molar-refractivity contribution in [1.82, 2.24) is 10.6 Å². The maximum Gasteiger partial charge on any atom is 0.240 e. The summed E-state index contributed by atoms with van der Waals surface area (Å²) in [4.78, 5) is 12.2. The summed E-state index contributed by atoms with van der Waals surface area (Å²) in [6.07, 6.45) is 8.10. The van der Waals surface area contributed by atoms with Gasteiger partial charge < -0.3 is 15.4 Å². The first-order valence-electron chi connectivity index (χ1n) is 7.91. The highest BCUT2D eigenvalue weighted by Crippen LogP contribution is 2.44. The van der Waals surface area contributed by atoms with E-state index in [2.05, 4.69) is 10.6 Å².